The zero-order valence-electron chi connectivity index (χ0n) is 13.6. The van der Waals surface area contributed by atoms with Crippen LogP contribution in [0.4, 0.5) is 0 Å². The highest BCUT2D eigenvalue weighted by atomic mass is 16.5. The third kappa shape index (κ3) is 3.50. The summed E-state index contributed by atoms with van der Waals surface area (Å²) in [6.07, 6.45) is 8.32. The van der Waals surface area contributed by atoms with Crippen molar-refractivity contribution in [2.24, 2.45) is 7.05 Å². The fourth-order valence-corrected chi connectivity index (χ4v) is 3.47. The number of hydrogen-bond acceptors (Lipinski definition) is 4. The minimum Gasteiger partial charge on any atom is -0.377 e. The molecule has 0 spiro atoms. The predicted octanol–water partition coefficient (Wildman–Crippen LogP) is 1.14. The minimum atomic E-state index is 0.0747. The fraction of sp³-hybridized carbons (Fsp3) is 0.750. The standard InChI is InChI=1S/C16H26N4O2/c1-18-11-13(10-17-18)16(21)19(2)14-5-7-20(8-6-14)12-15-4-3-9-22-15/h10-11,14-15H,3-9,12H2,1-2H3. The van der Waals surface area contributed by atoms with E-state index in [9.17, 15) is 4.79 Å². The SMILES string of the molecule is CN(C(=O)c1cnn(C)c1)C1CCN(CC2CCCO2)CC1. The molecule has 6 heteroatoms. The van der Waals surface area contributed by atoms with E-state index in [0.717, 1.165) is 39.1 Å². The second kappa shape index (κ2) is 6.79. The highest BCUT2D eigenvalue weighted by Crippen LogP contribution is 2.20. The van der Waals surface area contributed by atoms with E-state index in [1.54, 1.807) is 17.1 Å². The topological polar surface area (TPSA) is 50.6 Å². The van der Waals surface area contributed by atoms with Crippen LogP contribution < -0.4 is 0 Å². The van der Waals surface area contributed by atoms with Gasteiger partial charge >= 0.3 is 0 Å². The number of nitrogens with zero attached hydrogens (tertiary/aromatic N) is 4. The van der Waals surface area contributed by atoms with E-state index in [4.69, 9.17) is 4.74 Å². The van der Waals surface area contributed by atoms with Crippen LogP contribution in [-0.2, 0) is 11.8 Å². The minimum absolute atomic E-state index is 0.0747. The number of aryl methyl sites for hydroxylation is 1. The van der Waals surface area contributed by atoms with Crippen LogP contribution in [0.3, 0.4) is 0 Å². The van der Waals surface area contributed by atoms with Crippen molar-refractivity contribution in [3.63, 3.8) is 0 Å². The molecule has 1 aromatic heterocycles. The van der Waals surface area contributed by atoms with E-state index in [-0.39, 0.29) is 5.91 Å². The van der Waals surface area contributed by atoms with E-state index >= 15 is 0 Å². The molecular formula is C16H26N4O2. The fourth-order valence-electron chi connectivity index (χ4n) is 3.47. The van der Waals surface area contributed by atoms with Crippen molar-refractivity contribution < 1.29 is 9.53 Å². The Morgan fingerprint density at radius 2 is 2.18 bits per heavy atom. The maximum absolute atomic E-state index is 12.5. The van der Waals surface area contributed by atoms with Crippen LogP contribution in [0.2, 0.25) is 0 Å². The quantitative estimate of drug-likeness (QED) is 0.837. The van der Waals surface area contributed by atoms with Gasteiger partial charge in [-0.25, -0.2) is 0 Å². The number of carbonyl (C=O) groups is 1. The van der Waals surface area contributed by atoms with Gasteiger partial charge < -0.3 is 14.5 Å². The second-order valence-corrected chi connectivity index (χ2v) is 6.49. The average molecular weight is 306 g/mol. The summed E-state index contributed by atoms with van der Waals surface area (Å²) in [5, 5.41) is 4.08. The lowest BCUT2D eigenvalue weighted by atomic mass is 10.0. The Balaban J connectivity index is 1.48. The van der Waals surface area contributed by atoms with Crippen LogP contribution >= 0.6 is 0 Å². The average Bonchev–Trinajstić information content (AvgIpc) is 3.18. The van der Waals surface area contributed by atoms with Crippen LogP contribution in [0, 0.1) is 0 Å². The summed E-state index contributed by atoms with van der Waals surface area (Å²) in [6.45, 7) is 4.07. The third-order valence-electron chi connectivity index (χ3n) is 4.86. The molecule has 2 saturated heterocycles. The molecule has 2 aliphatic heterocycles. The normalized spacial score (nSPS) is 23.8. The van der Waals surface area contributed by atoms with Crippen molar-refractivity contribution in [2.45, 2.75) is 37.8 Å². The molecule has 122 valence electrons. The van der Waals surface area contributed by atoms with Gasteiger partial charge in [-0.15, -0.1) is 0 Å². The molecule has 1 atom stereocenters. The van der Waals surface area contributed by atoms with Gasteiger partial charge in [0, 0.05) is 52.6 Å². The van der Waals surface area contributed by atoms with Crippen molar-refractivity contribution in [1.82, 2.24) is 19.6 Å². The molecule has 0 aliphatic carbocycles. The summed E-state index contributed by atoms with van der Waals surface area (Å²) in [5.74, 6) is 0.0747. The number of piperidine rings is 1. The Labute approximate surface area is 132 Å². The third-order valence-corrected chi connectivity index (χ3v) is 4.86. The molecule has 22 heavy (non-hydrogen) atoms. The Hall–Kier alpha value is -1.40. The first-order valence-corrected chi connectivity index (χ1v) is 8.23. The van der Waals surface area contributed by atoms with Crippen molar-refractivity contribution >= 4 is 5.91 Å². The monoisotopic (exact) mass is 306 g/mol. The summed E-state index contributed by atoms with van der Waals surface area (Å²) in [7, 11) is 3.75. The summed E-state index contributed by atoms with van der Waals surface area (Å²) < 4.78 is 7.38. The van der Waals surface area contributed by atoms with Gasteiger partial charge in [0.25, 0.3) is 5.91 Å². The van der Waals surface area contributed by atoms with E-state index in [1.807, 2.05) is 19.0 Å². The summed E-state index contributed by atoms with van der Waals surface area (Å²) >= 11 is 0. The van der Waals surface area contributed by atoms with Gasteiger partial charge in [0.15, 0.2) is 0 Å². The highest BCUT2D eigenvalue weighted by molar-refractivity contribution is 5.93. The van der Waals surface area contributed by atoms with Gasteiger partial charge in [0.05, 0.1) is 17.9 Å². The first-order valence-electron chi connectivity index (χ1n) is 8.23. The molecule has 1 amide bonds. The smallest absolute Gasteiger partial charge is 0.257 e. The van der Waals surface area contributed by atoms with Crippen molar-refractivity contribution in [3.05, 3.63) is 18.0 Å². The van der Waals surface area contributed by atoms with E-state index in [2.05, 4.69) is 10.00 Å². The second-order valence-electron chi connectivity index (χ2n) is 6.49. The maximum Gasteiger partial charge on any atom is 0.257 e. The number of amides is 1. The summed E-state index contributed by atoms with van der Waals surface area (Å²) in [5.41, 5.74) is 0.673. The molecule has 0 N–H and O–H groups in total. The van der Waals surface area contributed by atoms with Crippen LogP contribution in [0.5, 0.6) is 0 Å². The Kier molecular flexibility index (Phi) is 4.78. The van der Waals surface area contributed by atoms with Crippen LogP contribution in [-0.4, -0.2) is 70.9 Å². The summed E-state index contributed by atoms with van der Waals surface area (Å²) in [6, 6.07) is 0.327. The first-order chi connectivity index (χ1) is 10.6. The molecular weight excluding hydrogens is 280 g/mol. The zero-order valence-corrected chi connectivity index (χ0v) is 13.6. The van der Waals surface area contributed by atoms with Crippen molar-refractivity contribution in [3.8, 4) is 0 Å². The van der Waals surface area contributed by atoms with E-state index < -0.39 is 0 Å². The Morgan fingerprint density at radius 3 is 2.77 bits per heavy atom. The van der Waals surface area contributed by atoms with Gasteiger partial charge in [0.2, 0.25) is 0 Å². The number of aromatic nitrogens is 2. The predicted molar refractivity (Wildman–Crippen MR) is 83.7 cm³/mol. The number of carbonyl (C=O) groups excluding carboxylic acids is 1. The molecule has 2 fully saturated rings. The molecule has 0 bridgehead atoms. The lowest BCUT2D eigenvalue weighted by Crippen LogP contribution is -2.47. The number of rotatable bonds is 4. The van der Waals surface area contributed by atoms with Gasteiger partial charge in [-0.2, -0.15) is 5.10 Å². The lowest BCUT2D eigenvalue weighted by Gasteiger charge is -2.37. The Bertz CT molecular complexity index is 502. The van der Waals surface area contributed by atoms with E-state index in [1.165, 1.54) is 12.8 Å². The summed E-state index contributed by atoms with van der Waals surface area (Å²) in [4.78, 5) is 16.8. The molecule has 0 aromatic carbocycles. The maximum atomic E-state index is 12.5. The van der Waals surface area contributed by atoms with Gasteiger partial charge in [-0.1, -0.05) is 0 Å². The van der Waals surface area contributed by atoms with Crippen LogP contribution in [0.1, 0.15) is 36.0 Å². The molecule has 6 nitrogen and oxygen atoms in total. The molecule has 0 saturated carbocycles. The van der Waals surface area contributed by atoms with Gasteiger partial charge in [-0.3, -0.25) is 9.48 Å². The molecule has 2 aliphatic rings. The van der Waals surface area contributed by atoms with Crippen LogP contribution in [0.15, 0.2) is 12.4 Å². The van der Waals surface area contributed by atoms with Gasteiger partial charge in [0.1, 0.15) is 0 Å². The molecule has 0 radical (unpaired) electrons. The lowest BCUT2D eigenvalue weighted by molar-refractivity contribution is 0.0459. The first kappa shape index (κ1) is 15.5. The molecule has 3 heterocycles. The van der Waals surface area contributed by atoms with Crippen molar-refractivity contribution in [1.29, 1.82) is 0 Å². The highest BCUT2D eigenvalue weighted by Gasteiger charge is 2.28. The number of ether oxygens (including phenoxy) is 1. The largest absolute Gasteiger partial charge is 0.377 e. The Morgan fingerprint density at radius 1 is 1.41 bits per heavy atom. The van der Waals surface area contributed by atoms with E-state index in [0.29, 0.717) is 17.7 Å². The van der Waals surface area contributed by atoms with Gasteiger partial charge in [-0.05, 0) is 25.7 Å². The molecule has 1 unspecified atom stereocenters. The number of likely N-dealkylation sites (tertiary alicyclic amines) is 1. The van der Waals surface area contributed by atoms with Crippen molar-refractivity contribution in [2.75, 3.05) is 33.3 Å². The molecule has 3 rings (SSSR count). The molecule has 1 aromatic rings. The number of hydrogen-bond donors (Lipinski definition) is 0. The van der Waals surface area contributed by atoms with Crippen LogP contribution in [0.25, 0.3) is 0 Å². The zero-order chi connectivity index (χ0) is 15.5.